The maximum atomic E-state index is 11.5. The van der Waals surface area contributed by atoms with Crippen LogP contribution in [0, 0.1) is 5.92 Å². The third kappa shape index (κ3) is 4.91. The molecule has 0 radical (unpaired) electrons. The molecule has 1 aromatic rings. The monoisotopic (exact) mass is 254 g/mol. The lowest BCUT2D eigenvalue weighted by Gasteiger charge is -2.12. The van der Waals surface area contributed by atoms with Gasteiger partial charge in [-0.2, -0.15) is 12.6 Å². The van der Waals surface area contributed by atoms with Gasteiger partial charge in [-0.05, 0) is 12.0 Å². The largest absolute Gasteiger partial charge is 0.479 e. The van der Waals surface area contributed by atoms with E-state index in [9.17, 15) is 9.59 Å². The molecule has 1 rings (SSSR count). The van der Waals surface area contributed by atoms with Crippen molar-refractivity contribution in [2.75, 3.05) is 12.4 Å². The summed E-state index contributed by atoms with van der Waals surface area (Å²) in [6.07, 6.45) is 0.503. The summed E-state index contributed by atoms with van der Waals surface area (Å²) in [5.74, 6) is -1.77. The van der Waals surface area contributed by atoms with Crippen LogP contribution in [0.15, 0.2) is 30.3 Å². The minimum Gasteiger partial charge on any atom is -0.479 e. The van der Waals surface area contributed by atoms with E-state index in [1.54, 1.807) is 0 Å². The number of carbonyl (C=O) groups excluding carboxylic acids is 1. The molecular formula is C12H14O4S. The highest BCUT2D eigenvalue weighted by molar-refractivity contribution is 7.80. The highest BCUT2D eigenvalue weighted by atomic mass is 32.1. The molecule has 0 aliphatic heterocycles. The van der Waals surface area contributed by atoms with Gasteiger partial charge in [0.15, 0.2) is 6.61 Å². The average molecular weight is 254 g/mol. The first-order valence-electron chi connectivity index (χ1n) is 5.16. The molecule has 1 atom stereocenters. The molecule has 0 heterocycles. The Labute approximate surface area is 105 Å². The van der Waals surface area contributed by atoms with E-state index in [0.29, 0.717) is 12.2 Å². The Hall–Kier alpha value is -1.49. The van der Waals surface area contributed by atoms with Crippen molar-refractivity contribution in [3.63, 3.8) is 0 Å². The molecule has 0 fully saturated rings. The lowest BCUT2D eigenvalue weighted by molar-refractivity contribution is -0.157. The van der Waals surface area contributed by atoms with Crippen LogP contribution in [-0.2, 0) is 20.7 Å². The molecule has 0 saturated carbocycles. The van der Waals surface area contributed by atoms with Crippen molar-refractivity contribution in [2.24, 2.45) is 5.92 Å². The molecule has 5 heteroatoms. The van der Waals surface area contributed by atoms with Crippen LogP contribution in [0.3, 0.4) is 0 Å². The van der Waals surface area contributed by atoms with Gasteiger partial charge in [-0.15, -0.1) is 0 Å². The summed E-state index contributed by atoms with van der Waals surface area (Å²) >= 11 is 4.08. The number of hydrogen-bond donors (Lipinski definition) is 2. The van der Waals surface area contributed by atoms with Crippen LogP contribution >= 0.6 is 12.6 Å². The molecule has 0 aromatic heterocycles. The molecule has 1 N–H and O–H groups in total. The summed E-state index contributed by atoms with van der Waals surface area (Å²) in [5, 5.41) is 8.41. The Balaban J connectivity index is 2.53. The zero-order valence-electron chi connectivity index (χ0n) is 9.20. The highest BCUT2D eigenvalue weighted by Crippen LogP contribution is 2.12. The molecule has 0 amide bonds. The standard InChI is InChI=1S/C12H14O4S/c13-11(14)7-16-12(15)10(8-17)6-9-4-2-1-3-5-9/h1-5,10,17H,6-8H2,(H,13,14). The second kappa shape index (κ2) is 6.96. The van der Waals surface area contributed by atoms with Gasteiger partial charge >= 0.3 is 11.9 Å². The van der Waals surface area contributed by atoms with E-state index in [1.165, 1.54) is 0 Å². The average Bonchev–Trinajstić information content (AvgIpc) is 2.34. The molecule has 0 aliphatic carbocycles. The van der Waals surface area contributed by atoms with Crippen molar-refractivity contribution in [1.82, 2.24) is 0 Å². The fourth-order valence-corrected chi connectivity index (χ4v) is 1.65. The van der Waals surface area contributed by atoms with Crippen LogP contribution in [0.2, 0.25) is 0 Å². The zero-order chi connectivity index (χ0) is 12.7. The molecule has 0 spiro atoms. The third-order valence-electron chi connectivity index (χ3n) is 2.22. The van der Waals surface area contributed by atoms with Gasteiger partial charge < -0.3 is 9.84 Å². The molecule has 4 nitrogen and oxygen atoms in total. The minimum atomic E-state index is -1.16. The number of carboxylic acids is 1. The Morgan fingerprint density at radius 2 is 1.94 bits per heavy atom. The fraction of sp³-hybridized carbons (Fsp3) is 0.333. The Morgan fingerprint density at radius 1 is 1.29 bits per heavy atom. The van der Waals surface area contributed by atoms with E-state index in [0.717, 1.165) is 5.56 Å². The lowest BCUT2D eigenvalue weighted by atomic mass is 10.0. The molecule has 0 bridgehead atoms. The van der Waals surface area contributed by atoms with Gasteiger partial charge in [-0.1, -0.05) is 30.3 Å². The second-order valence-electron chi connectivity index (χ2n) is 3.57. The van der Waals surface area contributed by atoms with E-state index in [-0.39, 0.29) is 0 Å². The van der Waals surface area contributed by atoms with Crippen LogP contribution in [0.4, 0.5) is 0 Å². The summed E-state index contributed by atoms with van der Waals surface area (Å²) in [7, 11) is 0. The van der Waals surface area contributed by atoms with Crippen molar-refractivity contribution in [3.05, 3.63) is 35.9 Å². The lowest BCUT2D eigenvalue weighted by Crippen LogP contribution is -2.24. The normalized spacial score (nSPS) is 11.8. The Kier molecular flexibility index (Phi) is 5.56. The number of ether oxygens (including phenoxy) is 1. The van der Waals surface area contributed by atoms with Crippen LogP contribution in [-0.4, -0.2) is 29.4 Å². The zero-order valence-corrected chi connectivity index (χ0v) is 10.1. The predicted octanol–water partition coefficient (Wildman–Crippen LogP) is 1.40. The first kappa shape index (κ1) is 13.6. The Bertz CT molecular complexity index is 377. The summed E-state index contributed by atoms with van der Waals surface area (Å²) in [6.45, 7) is -0.599. The van der Waals surface area contributed by atoms with Crippen molar-refractivity contribution >= 4 is 24.6 Å². The van der Waals surface area contributed by atoms with Gasteiger partial charge in [0.05, 0.1) is 5.92 Å². The minimum absolute atomic E-state index is 0.327. The Morgan fingerprint density at radius 3 is 2.47 bits per heavy atom. The molecule has 1 unspecified atom stereocenters. The second-order valence-corrected chi connectivity index (χ2v) is 3.94. The summed E-state index contributed by atoms with van der Waals surface area (Å²) in [5.41, 5.74) is 0.999. The predicted molar refractivity (Wildman–Crippen MR) is 66.1 cm³/mol. The number of carboxylic acid groups (broad SMARTS) is 1. The van der Waals surface area contributed by atoms with E-state index in [2.05, 4.69) is 17.4 Å². The van der Waals surface area contributed by atoms with Crippen molar-refractivity contribution < 1.29 is 19.4 Å². The fourth-order valence-electron chi connectivity index (χ4n) is 1.37. The summed E-state index contributed by atoms with van der Waals surface area (Å²) in [4.78, 5) is 21.8. The summed E-state index contributed by atoms with van der Waals surface area (Å²) < 4.78 is 4.64. The topological polar surface area (TPSA) is 63.6 Å². The van der Waals surface area contributed by atoms with Crippen molar-refractivity contribution in [2.45, 2.75) is 6.42 Å². The number of aliphatic carboxylic acids is 1. The smallest absolute Gasteiger partial charge is 0.341 e. The van der Waals surface area contributed by atoms with E-state index >= 15 is 0 Å². The van der Waals surface area contributed by atoms with Gasteiger partial charge in [0.1, 0.15) is 0 Å². The van der Waals surface area contributed by atoms with Crippen LogP contribution in [0.25, 0.3) is 0 Å². The molecule has 92 valence electrons. The van der Waals surface area contributed by atoms with Gasteiger partial charge in [-0.3, -0.25) is 4.79 Å². The van der Waals surface area contributed by atoms with Gasteiger partial charge in [0.2, 0.25) is 0 Å². The van der Waals surface area contributed by atoms with Crippen molar-refractivity contribution in [1.29, 1.82) is 0 Å². The van der Waals surface area contributed by atoms with E-state index in [1.807, 2.05) is 30.3 Å². The van der Waals surface area contributed by atoms with Crippen LogP contribution < -0.4 is 0 Å². The molecule has 0 saturated heterocycles. The first-order chi connectivity index (χ1) is 8.13. The van der Waals surface area contributed by atoms with Crippen molar-refractivity contribution in [3.8, 4) is 0 Å². The highest BCUT2D eigenvalue weighted by Gasteiger charge is 2.19. The molecule has 17 heavy (non-hydrogen) atoms. The molecular weight excluding hydrogens is 240 g/mol. The van der Waals surface area contributed by atoms with Gasteiger partial charge in [0.25, 0.3) is 0 Å². The number of benzene rings is 1. The van der Waals surface area contributed by atoms with Gasteiger partial charge in [0, 0.05) is 5.75 Å². The quantitative estimate of drug-likeness (QED) is 0.595. The van der Waals surface area contributed by atoms with E-state index < -0.39 is 24.5 Å². The number of rotatable bonds is 6. The number of carbonyl (C=O) groups is 2. The third-order valence-corrected chi connectivity index (χ3v) is 2.66. The first-order valence-corrected chi connectivity index (χ1v) is 5.80. The number of thiol groups is 1. The number of hydrogen-bond acceptors (Lipinski definition) is 4. The molecule has 1 aromatic carbocycles. The summed E-state index contributed by atoms with van der Waals surface area (Å²) in [6, 6.07) is 9.46. The van der Waals surface area contributed by atoms with Gasteiger partial charge in [-0.25, -0.2) is 4.79 Å². The van der Waals surface area contributed by atoms with Crippen LogP contribution in [0.1, 0.15) is 5.56 Å². The number of esters is 1. The molecule has 0 aliphatic rings. The van der Waals surface area contributed by atoms with E-state index in [4.69, 9.17) is 5.11 Å². The van der Waals surface area contributed by atoms with Crippen LogP contribution in [0.5, 0.6) is 0 Å². The maximum absolute atomic E-state index is 11.5. The SMILES string of the molecule is O=C(O)COC(=O)C(CS)Cc1ccccc1. The maximum Gasteiger partial charge on any atom is 0.341 e.